The Morgan fingerprint density at radius 1 is 1.48 bits per heavy atom. The van der Waals surface area contributed by atoms with Gasteiger partial charge in [0.1, 0.15) is 18.2 Å². The summed E-state index contributed by atoms with van der Waals surface area (Å²) in [7, 11) is 0. The number of benzene rings is 1. The second kappa shape index (κ2) is 8.58. The van der Waals surface area contributed by atoms with E-state index < -0.39 is 24.5 Å². The highest BCUT2D eigenvalue weighted by Gasteiger charge is 2.15. The molecule has 8 heteroatoms. The van der Waals surface area contributed by atoms with E-state index in [2.05, 4.69) is 21.2 Å². The van der Waals surface area contributed by atoms with Crippen LogP contribution in [0.15, 0.2) is 22.7 Å². The molecular weight excluding hydrogens is 349 g/mol. The fraction of sp³-hybridized carbons (Fsp3) is 0.385. The number of carbonyl (C=O) groups excluding carboxylic acids is 1. The van der Waals surface area contributed by atoms with Crippen LogP contribution in [0.2, 0.25) is 0 Å². The molecule has 0 spiro atoms. The zero-order valence-electron chi connectivity index (χ0n) is 11.3. The zero-order valence-corrected chi connectivity index (χ0v) is 12.9. The minimum atomic E-state index is -1.07. The molecule has 0 saturated heterocycles. The number of nitrogens with one attached hydrogen (secondary N) is 1. The maximum Gasteiger partial charge on any atom is 0.329 e. The summed E-state index contributed by atoms with van der Waals surface area (Å²) < 4.78 is 23.5. The molecule has 0 aromatic heterocycles. The summed E-state index contributed by atoms with van der Waals surface area (Å²) >= 11 is 3.14. The number of ether oxygens (including phenoxy) is 2. The van der Waals surface area contributed by atoms with Gasteiger partial charge in [0.15, 0.2) is 6.10 Å². The SMILES string of the molecule is CC(Oc1ccc(F)cc1Br)C(=O)NCCOCC(=O)O. The van der Waals surface area contributed by atoms with Crippen LogP contribution in [0.25, 0.3) is 0 Å². The van der Waals surface area contributed by atoms with Crippen molar-refractivity contribution in [2.24, 2.45) is 0 Å². The molecule has 1 atom stereocenters. The molecule has 0 saturated carbocycles. The van der Waals surface area contributed by atoms with E-state index in [4.69, 9.17) is 14.6 Å². The molecule has 0 bridgehead atoms. The summed E-state index contributed by atoms with van der Waals surface area (Å²) in [5.74, 6) is -1.52. The summed E-state index contributed by atoms with van der Waals surface area (Å²) in [5.41, 5.74) is 0. The third-order valence-electron chi connectivity index (χ3n) is 2.34. The van der Waals surface area contributed by atoms with E-state index in [1.807, 2.05) is 0 Å². The number of aliphatic carboxylic acids is 1. The molecule has 21 heavy (non-hydrogen) atoms. The highest BCUT2D eigenvalue weighted by atomic mass is 79.9. The number of rotatable bonds is 8. The molecule has 0 aliphatic carbocycles. The van der Waals surface area contributed by atoms with Crippen molar-refractivity contribution >= 4 is 27.8 Å². The maximum absolute atomic E-state index is 12.9. The number of carboxylic acids is 1. The van der Waals surface area contributed by atoms with Gasteiger partial charge in [-0.1, -0.05) is 0 Å². The Hall–Kier alpha value is -1.67. The first-order valence-corrected chi connectivity index (χ1v) is 6.88. The van der Waals surface area contributed by atoms with Gasteiger partial charge < -0.3 is 19.9 Å². The minimum Gasteiger partial charge on any atom is -0.480 e. The van der Waals surface area contributed by atoms with Gasteiger partial charge in [0, 0.05) is 6.54 Å². The standard InChI is InChI=1S/C13H15BrFNO5/c1-8(13(19)16-4-5-20-7-12(17)18)21-11-3-2-9(15)6-10(11)14/h2-3,6,8H,4-5,7H2,1H3,(H,16,19)(H,17,18). The fourth-order valence-electron chi connectivity index (χ4n) is 1.36. The first-order valence-electron chi connectivity index (χ1n) is 6.09. The normalized spacial score (nSPS) is 11.8. The second-order valence-corrected chi connectivity index (χ2v) is 4.93. The van der Waals surface area contributed by atoms with E-state index in [1.54, 1.807) is 6.92 Å². The van der Waals surface area contributed by atoms with Gasteiger partial charge in [-0.05, 0) is 41.1 Å². The summed E-state index contributed by atoms with van der Waals surface area (Å²) in [6.45, 7) is 1.39. The number of carboxylic acid groups (broad SMARTS) is 1. The van der Waals surface area contributed by atoms with Crippen LogP contribution in [-0.4, -0.2) is 42.8 Å². The predicted octanol–water partition coefficient (Wildman–Crippen LogP) is 1.57. The van der Waals surface area contributed by atoms with E-state index >= 15 is 0 Å². The largest absolute Gasteiger partial charge is 0.480 e. The van der Waals surface area contributed by atoms with Gasteiger partial charge in [0.2, 0.25) is 0 Å². The van der Waals surface area contributed by atoms with Crippen molar-refractivity contribution in [3.8, 4) is 5.75 Å². The van der Waals surface area contributed by atoms with Crippen LogP contribution < -0.4 is 10.1 Å². The summed E-state index contributed by atoms with van der Waals surface area (Å²) in [5, 5.41) is 10.9. The Morgan fingerprint density at radius 2 is 2.19 bits per heavy atom. The molecule has 1 aromatic rings. The van der Waals surface area contributed by atoms with Gasteiger partial charge in [0.25, 0.3) is 5.91 Å². The molecule has 1 rings (SSSR count). The molecule has 6 nitrogen and oxygen atoms in total. The van der Waals surface area contributed by atoms with E-state index in [0.717, 1.165) is 0 Å². The van der Waals surface area contributed by atoms with Crippen molar-refractivity contribution in [2.75, 3.05) is 19.8 Å². The van der Waals surface area contributed by atoms with Crippen LogP contribution in [0.4, 0.5) is 4.39 Å². The molecular formula is C13H15BrFNO5. The van der Waals surface area contributed by atoms with Crippen LogP contribution in [0.1, 0.15) is 6.92 Å². The van der Waals surface area contributed by atoms with E-state index in [0.29, 0.717) is 10.2 Å². The zero-order chi connectivity index (χ0) is 15.8. The lowest BCUT2D eigenvalue weighted by Gasteiger charge is -2.15. The third kappa shape index (κ3) is 6.54. The molecule has 1 aromatic carbocycles. The molecule has 2 N–H and O–H groups in total. The first-order chi connectivity index (χ1) is 9.90. The van der Waals surface area contributed by atoms with Crippen LogP contribution in [0.5, 0.6) is 5.75 Å². The highest BCUT2D eigenvalue weighted by Crippen LogP contribution is 2.26. The van der Waals surface area contributed by atoms with Gasteiger partial charge in [-0.15, -0.1) is 0 Å². The van der Waals surface area contributed by atoms with Crippen molar-refractivity contribution in [1.82, 2.24) is 5.32 Å². The molecule has 0 heterocycles. The molecule has 0 aliphatic rings. The molecule has 0 aliphatic heterocycles. The fourth-order valence-corrected chi connectivity index (χ4v) is 1.81. The average molecular weight is 364 g/mol. The van der Waals surface area contributed by atoms with E-state index in [9.17, 15) is 14.0 Å². The highest BCUT2D eigenvalue weighted by molar-refractivity contribution is 9.10. The summed E-state index contributed by atoms with van der Waals surface area (Å²) in [6.07, 6.45) is -0.786. The Kier molecular flexibility index (Phi) is 7.10. The van der Waals surface area contributed by atoms with Crippen LogP contribution in [-0.2, 0) is 14.3 Å². The van der Waals surface area contributed by atoms with Gasteiger partial charge in [0.05, 0.1) is 11.1 Å². The van der Waals surface area contributed by atoms with Gasteiger partial charge in [-0.25, -0.2) is 9.18 Å². The van der Waals surface area contributed by atoms with Gasteiger partial charge in [-0.2, -0.15) is 0 Å². The lowest BCUT2D eigenvalue weighted by atomic mass is 10.3. The van der Waals surface area contributed by atoms with E-state index in [-0.39, 0.29) is 19.1 Å². The lowest BCUT2D eigenvalue weighted by molar-refractivity contribution is -0.142. The summed E-state index contributed by atoms with van der Waals surface area (Å²) in [6, 6.07) is 3.88. The molecule has 1 unspecified atom stereocenters. The summed E-state index contributed by atoms with van der Waals surface area (Å²) in [4.78, 5) is 21.9. The number of hydrogen-bond donors (Lipinski definition) is 2. The maximum atomic E-state index is 12.9. The van der Waals surface area contributed by atoms with Gasteiger partial charge in [-0.3, -0.25) is 4.79 Å². The number of halogens is 2. The van der Waals surface area contributed by atoms with Crippen molar-refractivity contribution in [3.63, 3.8) is 0 Å². The monoisotopic (exact) mass is 363 g/mol. The molecule has 0 radical (unpaired) electrons. The lowest BCUT2D eigenvalue weighted by Crippen LogP contribution is -2.38. The van der Waals surface area contributed by atoms with Crippen molar-refractivity contribution in [3.05, 3.63) is 28.5 Å². The first kappa shape index (κ1) is 17.4. The Labute approximate surface area is 129 Å². The number of amides is 1. The number of carbonyl (C=O) groups is 2. The van der Waals surface area contributed by atoms with Crippen LogP contribution >= 0.6 is 15.9 Å². The number of hydrogen-bond acceptors (Lipinski definition) is 4. The Morgan fingerprint density at radius 3 is 2.81 bits per heavy atom. The van der Waals surface area contributed by atoms with Crippen molar-refractivity contribution in [2.45, 2.75) is 13.0 Å². The van der Waals surface area contributed by atoms with Gasteiger partial charge >= 0.3 is 5.97 Å². The molecule has 1 amide bonds. The Balaban J connectivity index is 2.35. The van der Waals surface area contributed by atoms with Crippen LogP contribution in [0.3, 0.4) is 0 Å². The predicted molar refractivity (Wildman–Crippen MR) is 75.7 cm³/mol. The molecule has 0 fully saturated rings. The average Bonchev–Trinajstić information content (AvgIpc) is 2.40. The topological polar surface area (TPSA) is 84.9 Å². The van der Waals surface area contributed by atoms with Crippen molar-refractivity contribution < 1.29 is 28.6 Å². The smallest absolute Gasteiger partial charge is 0.329 e. The van der Waals surface area contributed by atoms with Crippen LogP contribution in [0, 0.1) is 5.82 Å². The third-order valence-corrected chi connectivity index (χ3v) is 2.96. The Bertz CT molecular complexity index is 511. The second-order valence-electron chi connectivity index (χ2n) is 4.07. The molecule has 116 valence electrons. The quantitative estimate of drug-likeness (QED) is 0.684. The van der Waals surface area contributed by atoms with Crippen molar-refractivity contribution in [1.29, 1.82) is 0 Å². The van der Waals surface area contributed by atoms with E-state index in [1.165, 1.54) is 18.2 Å². The minimum absolute atomic E-state index is 0.0883.